The predicted molar refractivity (Wildman–Crippen MR) is 79.1 cm³/mol. The van der Waals surface area contributed by atoms with Crippen molar-refractivity contribution in [2.24, 2.45) is 0 Å². The quantitative estimate of drug-likeness (QED) is 0.797. The highest BCUT2D eigenvalue weighted by Crippen LogP contribution is 2.23. The standard InChI is InChI=1S/C17H20N2O/c1-12(2)17-18-8-9-19(17)11-16(20)15-7-6-13-4-3-5-14(13)10-15/h6-10,12H,3-5,11H2,1-2H3. The zero-order valence-corrected chi connectivity index (χ0v) is 12.1. The van der Waals surface area contributed by atoms with Crippen molar-refractivity contribution in [1.82, 2.24) is 9.55 Å². The van der Waals surface area contributed by atoms with Gasteiger partial charge in [0.05, 0.1) is 6.54 Å². The third kappa shape index (κ3) is 2.40. The van der Waals surface area contributed by atoms with E-state index in [-0.39, 0.29) is 5.78 Å². The zero-order chi connectivity index (χ0) is 14.1. The number of carbonyl (C=O) groups is 1. The van der Waals surface area contributed by atoms with Gasteiger partial charge in [-0.1, -0.05) is 26.0 Å². The first-order valence-corrected chi connectivity index (χ1v) is 7.31. The topological polar surface area (TPSA) is 34.9 Å². The van der Waals surface area contributed by atoms with Gasteiger partial charge in [-0.15, -0.1) is 0 Å². The third-order valence-corrected chi connectivity index (χ3v) is 4.00. The molecule has 0 aliphatic heterocycles. The van der Waals surface area contributed by atoms with Gasteiger partial charge in [-0.3, -0.25) is 4.79 Å². The average molecular weight is 268 g/mol. The molecule has 1 aliphatic carbocycles. The van der Waals surface area contributed by atoms with E-state index in [0.29, 0.717) is 12.5 Å². The number of ketones is 1. The maximum Gasteiger partial charge on any atom is 0.182 e. The van der Waals surface area contributed by atoms with Gasteiger partial charge in [-0.2, -0.15) is 0 Å². The first kappa shape index (κ1) is 13.1. The zero-order valence-electron chi connectivity index (χ0n) is 12.1. The number of aryl methyl sites for hydroxylation is 2. The van der Waals surface area contributed by atoms with Crippen LogP contribution in [0.3, 0.4) is 0 Å². The second kappa shape index (κ2) is 5.23. The largest absolute Gasteiger partial charge is 0.327 e. The van der Waals surface area contributed by atoms with Crippen molar-refractivity contribution in [1.29, 1.82) is 0 Å². The lowest BCUT2D eigenvalue weighted by Gasteiger charge is -2.10. The molecule has 3 rings (SSSR count). The maximum absolute atomic E-state index is 12.4. The van der Waals surface area contributed by atoms with Crippen molar-refractivity contribution in [2.75, 3.05) is 0 Å². The number of nitrogens with zero attached hydrogens (tertiary/aromatic N) is 2. The molecule has 0 N–H and O–H groups in total. The SMILES string of the molecule is CC(C)c1nccn1CC(=O)c1ccc2c(c1)CCC2. The number of benzene rings is 1. The van der Waals surface area contributed by atoms with E-state index in [1.165, 1.54) is 17.5 Å². The van der Waals surface area contributed by atoms with Crippen LogP contribution in [0.4, 0.5) is 0 Å². The van der Waals surface area contributed by atoms with Crippen molar-refractivity contribution in [3.05, 3.63) is 53.1 Å². The Labute approximate surface area is 119 Å². The minimum absolute atomic E-state index is 0.166. The fourth-order valence-corrected chi connectivity index (χ4v) is 2.95. The van der Waals surface area contributed by atoms with Gasteiger partial charge in [-0.25, -0.2) is 4.98 Å². The van der Waals surface area contributed by atoms with Crippen LogP contribution in [-0.4, -0.2) is 15.3 Å². The Morgan fingerprint density at radius 3 is 2.90 bits per heavy atom. The first-order chi connectivity index (χ1) is 9.65. The second-order valence-corrected chi connectivity index (χ2v) is 5.83. The number of hydrogen-bond acceptors (Lipinski definition) is 2. The van der Waals surface area contributed by atoms with Gasteiger partial charge < -0.3 is 4.57 Å². The maximum atomic E-state index is 12.4. The summed E-state index contributed by atoms with van der Waals surface area (Å²) < 4.78 is 1.96. The number of aromatic nitrogens is 2. The first-order valence-electron chi connectivity index (χ1n) is 7.31. The Balaban J connectivity index is 1.81. The summed E-state index contributed by atoms with van der Waals surface area (Å²) in [5.41, 5.74) is 3.59. The van der Waals surface area contributed by atoms with E-state index in [1.54, 1.807) is 6.20 Å². The molecule has 3 nitrogen and oxygen atoms in total. The van der Waals surface area contributed by atoms with Crippen molar-refractivity contribution < 1.29 is 4.79 Å². The van der Waals surface area contributed by atoms with Crippen molar-refractivity contribution >= 4 is 5.78 Å². The fourth-order valence-electron chi connectivity index (χ4n) is 2.95. The van der Waals surface area contributed by atoms with Crippen LogP contribution in [0.5, 0.6) is 0 Å². The highest BCUT2D eigenvalue weighted by Gasteiger charge is 2.15. The van der Waals surface area contributed by atoms with E-state index in [0.717, 1.165) is 24.2 Å². The fraction of sp³-hybridized carbons (Fsp3) is 0.412. The molecular weight excluding hydrogens is 248 g/mol. The van der Waals surface area contributed by atoms with Crippen LogP contribution in [0, 0.1) is 0 Å². The van der Waals surface area contributed by atoms with Gasteiger partial charge in [0.1, 0.15) is 5.82 Å². The normalized spacial score (nSPS) is 13.8. The van der Waals surface area contributed by atoms with Gasteiger partial charge in [0.15, 0.2) is 5.78 Å². The van der Waals surface area contributed by atoms with E-state index in [4.69, 9.17) is 0 Å². The van der Waals surface area contributed by atoms with E-state index in [9.17, 15) is 4.79 Å². The Kier molecular flexibility index (Phi) is 3.43. The average Bonchev–Trinajstić information content (AvgIpc) is 3.05. The highest BCUT2D eigenvalue weighted by atomic mass is 16.1. The lowest BCUT2D eigenvalue weighted by atomic mass is 10.0. The van der Waals surface area contributed by atoms with E-state index >= 15 is 0 Å². The van der Waals surface area contributed by atoms with Crippen LogP contribution in [0.25, 0.3) is 0 Å². The molecule has 0 spiro atoms. The number of carbonyl (C=O) groups excluding carboxylic acids is 1. The van der Waals surface area contributed by atoms with E-state index < -0.39 is 0 Å². The van der Waals surface area contributed by atoms with Gasteiger partial charge in [0.2, 0.25) is 0 Å². The molecule has 0 saturated carbocycles. The molecule has 0 bridgehead atoms. The van der Waals surface area contributed by atoms with Crippen LogP contribution >= 0.6 is 0 Å². The van der Waals surface area contributed by atoms with Crippen LogP contribution < -0.4 is 0 Å². The lowest BCUT2D eigenvalue weighted by molar-refractivity contribution is 0.0970. The third-order valence-electron chi connectivity index (χ3n) is 4.00. The number of imidazole rings is 1. The number of Topliss-reactive ketones (excluding diaryl/α,β-unsaturated/α-hetero) is 1. The molecule has 2 aromatic rings. The molecule has 3 heteroatoms. The van der Waals surface area contributed by atoms with Crippen molar-refractivity contribution in [2.45, 2.75) is 45.6 Å². The van der Waals surface area contributed by atoms with Crippen LogP contribution in [-0.2, 0) is 19.4 Å². The molecule has 20 heavy (non-hydrogen) atoms. The van der Waals surface area contributed by atoms with Crippen molar-refractivity contribution in [3.63, 3.8) is 0 Å². The Bertz CT molecular complexity index is 640. The molecule has 1 heterocycles. The Morgan fingerprint density at radius 2 is 2.10 bits per heavy atom. The molecule has 0 atom stereocenters. The lowest BCUT2D eigenvalue weighted by Crippen LogP contribution is -2.13. The summed E-state index contributed by atoms with van der Waals surface area (Å²) in [6, 6.07) is 6.17. The predicted octanol–water partition coefficient (Wildman–Crippen LogP) is 3.38. The summed E-state index contributed by atoms with van der Waals surface area (Å²) in [5, 5.41) is 0. The minimum atomic E-state index is 0.166. The van der Waals surface area contributed by atoms with Gasteiger partial charge in [0.25, 0.3) is 0 Å². The molecule has 1 aromatic carbocycles. The number of hydrogen-bond donors (Lipinski definition) is 0. The molecule has 0 radical (unpaired) electrons. The summed E-state index contributed by atoms with van der Waals surface area (Å²) in [4.78, 5) is 16.8. The monoisotopic (exact) mass is 268 g/mol. The summed E-state index contributed by atoms with van der Waals surface area (Å²) in [6.45, 7) is 4.57. The van der Waals surface area contributed by atoms with E-state index in [2.05, 4.69) is 31.0 Å². The van der Waals surface area contributed by atoms with Crippen LogP contribution in [0.2, 0.25) is 0 Å². The van der Waals surface area contributed by atoms with Gasteiger partial charge in [-0.05, 0) is 36.5 Å². The van der Waals surface area contributed by atoms with Crippen molar-refractivity contribution in [3.8, 4) is 0 Å². The summed E-state index contributed by atoms with van der Waals surface area (Å²) >= 11 is 0. The van der Waals surface area contributed by atoms with Gasteiger partial charge in [0, 0.05) is 23.9 Å². The molecule has 0 saturated heterocycles. The van der Waals surface area contributed by atoms with Gasteiger partial charge >= 0.3 is 0 Å². The number of rotatable bonds is 4. The molecule has 0 fully saturated rings. The second-order valence-electron chi connectivity index (χ2n) is 5.83. The Morgan fingerprint density at radius 1 is 1.30 bits per heavy atom. The molecule has 1 aromatic heterocycles. The smallest absolute Gasteiger partial charge is 0.182 e. The Hall–Kier alpha value is -1.90. The highest BCUT2D eigenvalue weighted by molar-refractivity contribution is 5.96. The molecule has 0 unspecified atom stereocenters. The summed E-state index contributed by atoms with van der Waals surface area (Å²) in [6.07, 6.45) is 7.14. The van der Waals surface area contributed by atoms with Crippen LogP contribution in [0.15, 0.2) is 30.6 Å². The van der Waals surface area contributed by atoms with Crippen LogP contribution in [0.1, 0.15) is 53.5 Å². The summed E-state index contributed by atoms with van der Waals surface area (Å²) in [5.74, 6) is 1.47. The molecule has 0 amide bonds. The minimum Gasteiger partial charge on any atom is -0.327 e. The van der Waals surface area contributed by atoms with E-state index in [1.807, 2.05) is 16.8 Å². The summed E-state index contributed by atoms with van der Waals surface area (Å²) in [7, 11) is 0. The molecular formula is C17H20N2O. The molecule has 104 valence electrons. The number of fused-ring (bicyclic) bond motifs is 1. The molecule has 1 aliphatic rings.